The van der Waals surface area contributed by atoms with Crippen LogP contribution in [0.1, 0.15) is 46.1 Å². The lowest BCUT2D eigenvalue weighted by atomic mass is 9.76. The molecule has 20 heavy (non-hydrogen) atoms. The highest BCUT2D eigenvalue weighted by molar-refractivity contribution is 6.30. The van der Waals surface area contributed by atoms with Crippen LogP contribution in [0.25, 0.3) is 0 Å². The molecule has 0 aliphatic heterocycles. The molecule has 0 aliphatic carbocycles. The van der Waals surface area contributed by atoms with Crippen LogP contribution in [0.4, 0.5) is 0 Å². The first-order valence-electron chi connectivity index (χ1n) is 7.52. The summed E-state index contributed by atoms with van der Waals surface area (Å²) in [4.78, 5) is 0. The Morgan fingerprint density at radius 1 is 1.25 bits per heavy atom. The molecule has 1 rings (SSSR count). The van der Waals surface area contributed by atoms with Gasteiger partial charge in [-0.15, -0.1) is 0 Å². The second-order valence-electron chi connectivity index (χ2n) is 5.88. The second kappa shape index (κ2) is 7.90. The zero-order valence-electron chi connectivity index (χ0n) is 13.4. The minimum absolute atomic E-state index is 0.252. The molecule has 0 radical (unpaired) electrons. The average Bonchev–Trinajstić information content (AvgIpc) is 2.43. The molecule has 0 amide bonds. The highest BCUT2D eigenvalue weighted by atomic mass is 35.5. The van der Waals surface area contributed by atoms with Crippen LogP contribution in [0.3, 0.4) is 0 Å². The van der Waals surface area contributed by atoms with Gasteiger partial charge in [-0.2, -0.15) is 0 Å². The second-order valence-corrected chi connectivity index (χ2v) is 6.31. The van der Waals surface area contributed by atoms with Gasteiger partial charge >= 0.3 is 0 Å². The Balaban J connectivity index is 2.97. The third kappa shape index (κ3) is 4.68. The summed E-state index contributed by atoms with van der Waals surface area (Å²) in [7, 11) is 1.72. The zero-order valence-corrected chi connectivity index (χ0v) is 14.2. The third-order valence-corrected chi connectivity index (χ3v) is 4.43. The summed E-state index contributed by atoms with van der Waals surface area (Å²) in [5.74, 6) is 0.935. The van der Waals surface area contributed by atoms with E-state index < -0.39 is 0 Å². The molecule has 0 aliphatic rings. The number of ether oxygens (including phenoxy) is 1. The van der Waals surface area contributed by atoms with Crippen LogP contribution < -0.4 is 10.1 Å². The first-order valence-corrected chi connectivity index (χ1v) is 7.90. The molecule has 1 aromatic carbocycles. The number of hydrogen-bond acceptors (Lipinski definition) is 2. The summed E-state index contributed by atoms with van der Waals surface area (Å²) < 4.78 is 5.48. The summed E-state index contributed by atoms with van der Waals surface area (Å²) in [5, 5.41) is 4.36. The van der Waals surface area contributed by atoms with Crippen molar-refractivity contribution in [3.05, 3.63) is 28.8 Å². The van der Waals surface area contributed by atoms with Gasteiger partial charge in [0.05, 0.1) is 7.11 Å². The first-order chi connectivity index (χ1) is 9.46. The number of benzene rings is 1. The fraction of sp³-hybridized carbons (Fsp3) is 0.647. The first kappa shape index (κ1) is 17.3. The number of nitrogens with one attached hydrogen (secondary N) is 1. The molecular formula is C17H28ClNO. The maximum Gasteiger partial charge on any atom is 0.122 e. The molecule has 0 spiro atoms. The predicted octanol–water partition coefficient (Wildman–Crippen LogP) is 4.70. The molecule has 2 nitrogen and oxygen atoms in total. The van der Waals surface area contributed by atoms with Gasteiger partial charge in [0.1, 0.15) is 5.75 Å². The molecule has 0 saturated carbocycles. The maximum atomic E-state index is 6.15. The van der Waals surface area contributed by atoms with Crippen molar-refractivity contribution in [3.8, 4) is 5.75 Å². The van der Waals surface area contributed by atoms with Crippen molar-refractivity contribution >= 4 is 11.6 Å². The molecule has 0 saturated heterocycles. The number of rotatable bonds is 8. The highest BCUT2D eigenvalue weighted by Gasteiger charge is 2.27. The molecule has 0 bridgehead atoms. The fourth-order valence-corrected chi connectivity index (χ4v) is 2.72. The highest BCUT2D eigenvalue weighted by Crippen LogP contribution is 2.35. The van der Waals surface area contributed by atoms with E-state index in [4.69, 9.17) is 16.3 Å². The lowest BCUT2D eigenvalue weighted by molar-refractivity contribution is 0.236. The third-order valence-electron chi connectivity index (χ3n) is 4.19. The van der Waals surface area contributed by atoms with Crippen molar-refractivity contribution in [3.63, 3.8) is 0 Å². The van der Waals surface area contributed by atoms with Gasteiger partial charge in [0.25, 0.3) is 0 Å². The van der Waals surface area contributed by atoms with Crippen LogP contribution in [-0.2, 0) is 6.42 Å². The summed E-state index contributed by atoms with van der Waals surface area (Å²) in [6.45, 7) is 9.94. The molecule has 1 aromatic rings. The van der Waals surface area contributed by atoms with Crippen LogP contribution in [0.15, 0.2) is 18.2 Å². The summed E-state index contributed by atoms with van der Waals surface area (Å²) >= 11 is 6.15. The van der Waals surface area contributed by atoms with Gasteiger partial charge in [0.15, 0.2) is 0 Å². The summed E-state index contributed by atoms with van der Waals surface area (Å²) in [5.41, 5.74) is 1.46. The molecule has 0 fully saturated rings. The maximum absolute atomic E-state index is 6.15. The van der Waals surface area contributed by atoms with E-state index in [0.717, 1.165) is 36.6 Å². The van der Waals surface area contributed by atoms with Crippen molar-refractivity contribution in [2.45, 2.75) is 53.0 Å². The van der Waals surface area contributed by atoms with Crippen molar-refractivity contribution in [2.75, 3.05) is 13.7 Å². The van der Waals surface area contributed by atoms with Gasteiger partial charge in [-0.05, 0) is 48.4 Å². The van der Waals surface area contributed by atoms with Crippen LogP contribution in [0, 0.1) is 5.41 Å². The van der Waals surface area contributed by atoms with E-state index in [1.807, 2.05) is 18.2 Å². The summed E-state index contributed by atoms with van der Waals surface area (Å²) in [6, 6.07) is 6.39. The van der Waals surface area contributed by atoms with E-state index in [9.17, 15) is 0 Å². The van der Waals surface area contributed by atoms with Crippen LogP contribution in [-0.4, -0.2) is 19.7 Å². The monoisotopic (exact) mass is 297 g/mol. The number of methoxy groups -OCH3 is 1. The van der Waals surface area contributed by atoms with Crippen molar-refractivity contribution in [1.82, 2.24) is 5.32 Å². The Bertz CT molecular complexity index is 413. The van der Waals surface area contributed by atoms with Crippen LogP contribution in [0.2, 0.25) is 5.02 Å². The van der Waals surface area contributed by atoms with E-state index in [1.165, 1.54) is 5.56 Å². The van der Waals surface area contributed by atoms with Gasteiger partial charge in [-0.25, -0.2) is 0 Å². The topological polar surface area (TPSA) is 21.3 Å². The molecule has 0 heterocycles. The van der Waals surface area contributed by atoms with Gasteiger partial charge in [0, 0.05) is 17.6 Å². The normalized spacial score (nSPS) is 11.9. The standard InChI is InChI=1S/C17H28ClNO/c1-6-17(7-2,12-19-13(3)4)11-14-10-15(18)8-9-16(14)20-5/h8-10,13,19H,6-7,11-12H2,1-5H3. The molecule has 0 atom stereocenters. The number of hydrogen-bond donors (Lipinski definition) is 1. The Morgan fingerprint density at radius 3 is 2.40 bits per heavy atom. The Hall–Kier alpha value is -0.730. The molecule has 0 unspecified atom stereocenters. The minimum atomic E-state index is 0.252. The van der Waals surface area contributed by atoms with Gasteiger partial charge in [-0.1, -0.05) is 39.3 Å². The smallest absolute Gasteiger partial charge is 0.122 e. The Kier molecular flexibility index (Phi) is 6.84. The molecular weight excluding hydrogens is 270 g/mol. The molecule has 3 heteroatoms. The zero-order chi connectivity index (χ0) is 15.2. The van der Waals surface area contributed by atoms with Crippen molar-refractivity contribution in [2.24, 2.45) is 5.41 Å². The quantitative estimate of drug-likeness (QED) is 0.751. The van der Waals surface area contributed by atoms with Gasteiger partial charge in [-0.3, -0.25) is 0 Å². The lowest BCUT2D eigenvalue weighted by Gasteiger charge is -2.33. The Morgan fingerprint density at radius 2 is 1.90 bits per heavy atom. The Labute approximate surface area is 128 Å². The lowest BCUT2D eigenvalue weighted by Crippen LogP contribution is -2.38. The molecule has 0 aromatic heterocycles. The predicted molar refractivity (Wildman–Crippen MR) is 87.9 cm³/mol. The fourth-order valence-electron chi connectivity index (χ4n) is 2.52. The van der Waals surface area contributed by atoms with Crippen LogP contribution >= 0.6 is 11.6 Å². The largest absolute Gasteiger partial charge is 0.496 e. The molecule has 1 N–H and O–H groups in total. The van der Waals surface area contributed by atoms with Gasteiger partial charge in [0.2, 0.25) is 0 Å². The van der Waals surface area contributed by atoms with E-state index >= 15 is 0 Å². The van der Waals surface area contributed by atoms with E-state index in [-0.39, 0.29) is 5.41 Å². The summed E-state index contributed by atoms with van der Waals surface area (Å²) in [6.07, 6.45) is 3.27. The number of halogens is 1. The van der Waals surface area contributed by atoms with Crippen molar-refractivity contribution in [1.29, 1.82) is 0 Å². The SMILES string of the molecule is CCC(CC)(CNC(C)C)Cc1cc(Cl)ccc1OC. The minimum Gasteiger partial charge on any atom is -0.496 e. The van der Waals surface area contributed by atoms with Gasteiger partial charge < -0.3 is 10.1 Å². The van der Waals surface area contributed by atoms with E-state index in [2.05, 4.69) is 33.0 Å². The van der Waals surface area contributed by atoms with E-state index in [0.29, 0.717) is 6.04 Å². The van der Waals surface area contributed by atoms with Crippen molar-refractivity contribution < 1.29 is 4.74 Å². The average molecular weight is 298 g/mol. The molecule has 114 valence electrons. The van der Waals surface area contributed by atoms with Crippen LogP contribution in [0.5, 0.6) is 5.75 Å². The van der Waals surface area contributed by atoms with E-state index in [1.54, 1.807) is 7.11 Å².